The number of piperidine rings is 1. The summed E-state index contributed by atoms with van der Waals surface area (Å²) in [5, 5.41) is 23.3. The quantitative estimate of drug-likeness (QED) is 0.678. The lowest BCUT2D eigenvalue weighted by Gasteiger charge is -2.44. The van der Waals surface area contributed by atoms with Gasteiger partial charge in [0.2, 0.25) is 5.13 Å². The van der Waals surface area contributed by atoms with Crippen molar-refractivity contribution in [2.45, 2.75) is 59.1 Å². The number of aromatic nitrogens is 4. The number of H-pyrrole nitrogens is 1. The number of carbonyl (C=O) groups is 1. The van der Waals surface area contributed by atoms with E-state index in [4.69, 9.17) is 11.6 Å². The summed E-state index contributed by atoms with van der Waals surface area (Å²) in [5.41, 5.74) is -0.419. The zero-order valence-corrected chi connectivity index (χ0v) is 18.4. The molecule has 8 nitrogen and oxygen atoms in total. The first-order valence-corrected chi connectivity index (χ1v) is 10.6. The number of aryl methyl sites for hydroxylation is 1. The van der Waals surface area contributed by atoms with Gasteiger partial charge in [-0.2, -0.15) is 0 Å². The Balaban J connectivity index is 1.68. The number of aliphatic hydroxyl groups is 1. The van der Waals surface area contributed by atoms with Gasteiger partial charge in [0.05, 0.1) is 5.69 Å². The molecule has 0 unspecified atom stereocenters. The Hall–Kier alpha value is -1.71. The van der Waals surface area contributed by atoms with Crippen LogP contribution >= 0.6 is 22.9 Å². The third kappa shape index (κ3) is 4.31. The van der Waals surface area contributed by atoms with Gasteiger partial charge in [0.25, 0.3) is 5.91 Å². The zero-order chi connectivity index (χ0) is 20.7. The van der Waals surface area contributed by atoms with Gasteiger partial charge in [-0.05, 0) is 26.7 Å². The fourth-order valence-electron chi connectivity index (χ4n) is 3.33. The molecule has 1 aliphatic rings. The van der Waals surface area contributed by atoms with E-state index >= 15 is 0 Å². The first-order valence-electron chi connectivity index (χ1n) is 9.38. The molecule has 0 aromatic carbocycles. The lowest BCUT2D eigenvalue weighted by Crippen LogP contribution is -2.56. The van der Waals surface area contributed by atoms with Crippen LogP contribution in [0, 0.1) is 5.41 Å². The van der Waals surface area contributed by atoms with Crippen molar-refractivity contribution in [3.05, 3.63) is 21.7 Å². The first-order chi connectivity index (χ1) is 13.0. The molecule has 3 heterocycles. The average molecular weight is 427 g/mol. The molecule has 0 bridgehead atoms. The monoisotopic (exact) mass is 426 g/mol. The van der Waals surface area contributed by atoms with Crippen LogP contribution in [0.15, 0.2) is 0 Å². The minimum Gasteiger partial charge on any atom is -0.383 e. The fraction of sp³-hybridized carbons (Fsp3) is 0.667. The topological polar surface area (TPSA) is 107 Å². The Morgan fingerprint density at radius 3 is 2.71 bits per heavy atom. The molecule has 2 aromatic heterocycles. The van der Waals surface area contributed by atoms with Crippen LogP contribution < -0.4 is 10.2 Å². The molecule has 3 rings (SSSR count). The van der Waals surface area contributed by atoms with Crippen LogP contribution in [0.1, 0.15) is 62.4 Å². The minimum absolute atomic E-state index is 0.00752. The van der Waals surface area contributed by atoms with Crippen LogP contribution in [0.2, 0.25) is 5.15 Å². The maximum Gasteiger partial charge on any atom is 0.287 e. The largest absolute Gasteiger partial charge is 0.383 e. The van der Waals surface area contributed by atoms with Gasteiger partial charge in [-0.15, -0.1) is 10.2 Å². The number of carbonyl (C=O) groups excluding carboxylic acids is 1. The van der Waals surface area contributed by atoms with Gasteiger partial charge < -0.3 is 20.3 Å². The van der Waals surface area contributed by atoms with Crippen molar-refractivity contribution in [2.24, 2.45) is 5.41 Å². The molecule has 1 aliphatic heterocycles. The molecule has 154 valence electrons. The molecule has 0 radical (unpaired) electrons. The minimum atomic E-state index is -1.00. The zero-order valence-electron chi connectivity index (χ0n) is 16.8. The van der Waals surface area contributed by atoms with Gasteiger partial charge in [0, 0.05) is 24.5 Å². The van der Waals surface area contributed by atoms with Crippen molar-refractivity contribution < 1.29 is 9.90 Å². The SMILES string of the molecule is CCc1[nH]c(C(=O)N[C@@H]2CCN(c3nnc(C(C)(C)O)s3)CC2(C)C)nc1Cl. The van der Waals surface area contributed by atoms with E-state index in [1.807, 2.05) is 6.92 Å². The van der Waals surface area contributed by atoms with Crippen LogP contribution in [0.5, 0.6) is 0 Å². The molecule has 3 N–H and O–H groups in total. The Bertz CT molecular complexity index is 857. The normalized spacial score (nSPS) is 19.7. The van der Waals surface area contributed by atoms with Crippen molar-refractivity contribution in [1.29, 1.82) is 0 Å². The molecule has 0 spiro atoms. The van der Waals surface area contributed by atoms with E-state index in [1.54, 1.807) is 13.8 Å². The van der Waals surface area contributed by atoms with Gasteiger partial charge in [0.1, 0.15) is 10.6 Å². The van der Waals surface area contributed by atoms with Crippen molar-refractivity contribution >= 4 is 34.0 Å². The summed E-state index contributed by atoms with van der Waals surface area (Å²) in [6, 6.07) is -0.00752. The molecule has 1 saturated heterocycles. The van der Waals surface area contributed by atoms with E-state index in [-0.39, 0.29) is 23.2 Å². The Morgan fingerprint density at radius 1 is 1.46 bits per heavy atom. The van der Waals surface area contributed by atoms with Crippen LogP contribution in [0.4, 0.5) is 5.13 Å². The summed E-state index contributed by atoms with van der Waals surface area (Å²) in [6.07, 6.45) is 1.46. The molecule has 1 fully saturated rings. The maximum atomic E-state index is 12.6. The molecule has 1 amide bonds. The second kappa shape index (κ2) is 7.61. The lowest BCUT2D eigenvalue weighted by atomic mass is 9.79. The highest BCUT2D eigenvalue weighted by Crippen LogP contribution is 2.35. The molecule has 0 aliphatic carbocycles. The number of halogens is 1. The van der Waals surface area contributed by atoms with Crippen molar-refractivity contribution in [1.82, 2.24) is 25.5 Å². The highest BCUT2D eigenvalue weighted by molar-refractivity contribution is 7.15. The highest BCUT2D eigenvalue weighted by Gasteiger charge is 2.38. The second-order valence-electron chi connectivity index (χ2n) is 8.38. The lowest BCUT2D eigenvalue weighted by molar-refractivity contribution is 0.0775. The van der Waals surface area contributed by atoms with Gasteiger partial charge >= 0.3 is 0 Å². The average Bonchev–Trinajstić information content (AvgIpc) is 3.22. The maximum absolute atomic E-state index is 12.6. The Kier molecular flexibility index (Phi) is 5.71. The standard InChI is InChI=1S/C18H27ClN6O2S/c1-6-10-12(19)22-13(20-10)14(26)21-11-7-8-25(9-17(11,2)3)16-24-23-15(28-16)18(4,5)27/h11,27H,6-9H2,1-5H3,(H,20,22)(H,21,26)/t11-/m1/s1. The number of imidazole rings is 1. The molecule has 1 atom stereocenters. The van der Waals surface area contributed by atoms with E-state index in [2.05, 4.69) is 44.2 Å². The van der Waals surface area contributed by atoms with E-state index in [9.17, 15) is 9.90 Å². The summed E-state index contributed by atoms with van der Waals surface area (Å²) in [6.45, 7) is 11.1. The molecular formula is C18H27ClN6O2S. The van der Waals surface area contributed by atoms with Crippen molar-refractivity contribution in [3.8, 4) is 0 Å². The summed E-state index contributed by atoms with van der Waals surface area (Å²) in [5.74, 6) is 0.00683. The first kappa shape index (κ1) is 21.0. The molecular weight excluding hydrogens is 400 g/mol. The number of nitrogens with zero attached hydrogens (tertiary/aromatic N) is 4. The van der Waals surface area contributed by atoms with Crippen LogP contribution in [-0.2, 0) is 12.0 Å². The molecule has 2 aromatic rings. The summed E-state index contributed by atoms with van der Waals surface area (Å²) < 4.78 is 0. The van der Waals surface area contributed by atoms with Gasteiger partial charge in [-0.3, -0.25) is 4.79 Å². The number of aromatic amines is 1. The smallest absolute Gasteiger partial charge is 0.287 e. The molecule has 28 heavy (non-hydrogen) atoms. The van der Waals surface area contributed by atoms with Gasteiger partial charge in [-0.1, -0.05) is 43.7 Å². The summed E-state index contributed by atoms with van der Waals surface area (Å²) >= 11 is 7.45. The Labute approximate surface area is 173 Å². The predicted molar refractivity (Wildman–Crippen MR) is 110 cm³/mol. The van der Waals surface area contributed by atoms with Gasteiger partial charge in [0.15, 0.2) is 11.0 Å². The number of hydrogen-bond acceptors (Lipinski definition) is 7. The van der Waals surface area contributed by atoms with Crippen LogP contribution in [0.3, 0.4) is 0 Å². The number of rotatable bonds is 5. The van der Waals surface area contributed by atoms with Gasteiger partial charge in [-0.25, -0.2) is 4.98 Å². The fourth-order valence-corrected chi connectivity index (χ4v) is 4.47. The summed E-state index contributed by atoms with van der Waals surface area (Å²) in [7, 11) is 0. The van der Waals surface area contributed by atoms with Crippen molar-refractivity contribution in [2.75, 3.05) is 18.0 Å². The molecule has 0 saturated carbocycles. The van der Waals surface area contributed by atoms with Crippen LogP contribution in [0.25, 0.3) is 0 Å². The third-order valence-electron chi connectivity index (χ3n) is 5.04. The second-order valence-corrected chi connectivity index (χ2v) is 9.70. The molecule has 10 heteroatoms. The Morgan fingerprint density at radius 2 is 2.18 bits per heavy atom. The van der Waals surface area contributed by atoms with E-state index in [0.717, 1.165) is 30.3 Å². The number of anilines is 1. The number of amides is 1. The predicted octanol–water partition coefficient (Wildman–Crippen LogP) is 2.74. The van der Waals surface area contributed by atoms with E-state index in [0.29, 0.717) is 16.6 Å². The highest BCUT2D eigenvalue weighted by atomic mass is 35.5. The van der Waals surface area contributed by atoms with E-state index in [1.165, 1.54) is 11.3 Å². The number of hydrogen-bond donors (Lipinski definition) is 3. The van der Waals surface area contributed by atoms with Crippen LogP contribution in [-0.4, -0.2) is 50.3 Å². The van der Waals surface area contributed by atoms with E-state index < -0.39 is 5.60 Å². The third-order valence-corrected chi connectivity index (χ3v) is 6.65. The van der Waals surface area contributed by atoms with Crippen molar-refractivity contribution in [3.63, 3.8) is 0 Å². The summed E-state index contributed by atoms with van der Waals surface area (Å²) in [4.78, 5) is 21.9. The number of nitrogens with one attached hydrogen (secondary N) is 2.